The van der Waals surface area contributed by atoms with Crippen LogP contribution in [0.1, 0.15) is 29.4 Å². The Morgan fingerprint density at radius 3 is 2.65 bits per heavy atom. The van der Waals surface area contributed by atoms with Crippen molar-refractivity contribution in [2.24, 2.45) is 0 Å². The maximum Gasteiger partial charge on any atom is 0.122 e. The van der Waals surface area contributed by atoms with Gasteiger partial charge in [0.25, 0.3) is 0 Å². The summed E-state index contributed by atoms with van der Waals surface area (Å²) in [5.41, 5.74) is 2.45. The fourth-order valence-corrected chi connectivity index (χ4v) is 3.08. The second kappa shape index (κ2) is 5.98. The zero-order valence-electron chi connectivity index (χ0n) is 11.1. The van der Waals surface area contributed by atoms with E-state index in [0.717, 1.165) is 16.6 Å². The van der Waals surface area contributed by atoms with Crippen LogP contribution in [0.2, 0.25) is 0 Å². The summed E-state index contributed by atoms with van der Waals surface area (Å²) in [5.74, 6) is 1.51. The number of rotatable bonds is 4. The summed E-state index contributed by atoms with van der Waals surface area (Å²) in [4.78, 5) is 0. The van der Waals surface area contributed by atoms with Gasteiger partial charge in [0.2, 0.25) is 0 Å². The smallest absolute Gasteiger partial charge is 0.122 e. The lowest BCUT2D eigenvalue weighted by molar-refractivity contribution is 0.243. The predicted octanol–water partition coefficient (Wildman–Crippen LogP) is 4.09. The SMILES string of the molecule is OCC(CC1COc2ccccc21)c1ccc(Br)cc1. The monoisotopic (exact) mass is 332 g/mol. The van der Waals surface area contributed by atoms with E-state index in [0.29, 0.717) is 12.5 Å². The molecule has 1 aliphatic heterocycles. The minimum absolute atomic E-state index is 0.155. The average molecular weight is 333 g/mol. The highest BCUT2D eigenvalue weighted by atomic mass is 79.9. The van der Waals surface area contributed by atoms with E-state index in [1.165, 1.54) is 11.1 Å². The van der Waals surface area contributed by atoms with E-state index in [9.17, 15) is 5.11 Å². The first-order valence-electron chi connectivity index (χ1n) is 6.86. The number of aliphatic hydroxyl groups is 1. The quantitative estimate of drug-likeness (QED) is 0.913. The molecular weight excluding hydrogens is 316 g/mol. The van der Waals surface area contributed by atoms with Crippen LogP contribution in [0.25, 0.3) is 0 Å². The van der Waals surface area contributed by atoms with Gasteiger partial charge in [0.1, 0.15) is 5.75 Å². The highest BCUT2D eigenvalue weighted by molar-refractivity contribution is 9.10. The molecule has 0 fully saturated rings. The number of aliphatic hydroxyl groups excluding tert-OH is 1. The molecule has 2 nitrogen and oxygen atoms in total. The molecule has 2 aromatic carbocycles. The molecule has 0 aromatic heterocycles. The minimum Gasteiger partial charge on any atom is -0.493 e. The van der Waals surface area contributed by atoms with E-state index in [1.54, 1.807) is 0 Å². The van der Waals surface area contributed by atoms with E-state index in [1.807, 2.05) is 30.3 Å². The molecule has 2 atom stereocenters. The van der Waals surface area contributed by atoms with Crippen molar-refractivity contribution in [3.8, 4) is 5.75 Å². The highest BCUT2D eigenvalue weighted by Gasteiger charge is 2.26. The summed E-state index contributed by atoms with van der Waals surface area (Å²) >= 11 is 3.44. The largest absolute Gasteiger partial charge is 0.493 e. The number of hydrogen-bond acceptors (Lipinski definition) is 2. The number of halogens is 1. The zero-order chi connectivity index (χ0) is 13.9. The van der Waals surface area contributed by atoms with Gasteiger partial charge < -0.3 is 9.84 Å². The molecule has 1 aliphatic rings. The van der Waals surface area contributed by atoms with Gasteiger partial charge >= 0.3 is 0 Å². The average Bonchev–Trinajstić information content (AvgIpc) is 2.89. The lowest BCUT2D eigenvalue weighted by Crippen LogP contribution is -2.11. The first-order chi connectivity index (χ1) is 9.78. The van der Waals surface area contributed by atoms with Gasteiger partial charge in [-0.25, -0.2) is 0 Å². The van der Waals surface area contributed by atoms with Crippen LogP contribution in [-0.2, 0) is 0 Å². The van der Waals surface area contributed by atoms with Crippen molar-refractivity contribution < 1.29 is 9.84 Å². The summed E-state index contributed by atoms with van der Waals surface area (Å²) < 4.78 is 6.78. The maximum atomic E-state index is 9.70. The summed E-state index contributed by atoms with van der Waals surface area (Å²) in [7, 11) is 0. The van der Waals surface area contributed by atoms with Crippen molar-refractivity contribution in [3.63, 3.8) is 0 Å². The Morgan fingerprint density at radius 1 is 1.15 bits per heavy atom. The van der Waals surface area contributed by atoms with Crippen LogP contribution >= 0.6 is 15.9 Å². The predicted molar refractivity (Wildman–Crippen MR) is 83.3 cm³/mol. The van der Waals surface area contributed by atoms with Gasteiger partial charge in [-0.3, -0.25) is 0 Å². The molecule has 2 aromatic rings. The van der Waals surface area contributed by atoms with Gasteiger partial charge in [0.05, 0.1) is 6.61 Å². The Hall–Kier alpha value is -1.32. The van der Waals surface area contributed by atoms with E-state index in [-0.39, 0.29) is 12.5 Å². The molecule has 20 heavy (non-hydrogen) atoms. The van der Waals surface area contributed by atoms with E-state index >= 15 is 0 Å². The normalized spacial score (nSPS) is 18.4. The molecule has 0 saturated heterocycles. The van der Waals surface area contributed by atoms with Crippen molar-refractivity contribution >= 4 is 15.9 Å². The molecule has 3 rings (SSSR count). The fourth-order valence-electron chi connectivity index (χ4n) is 2.82. The van der Waals surface area contributed by atoms with Crippen molar-refractivity contribution in [2.45, 2.75) is 18.3 Å². The third-order valence-electron chi connectivity index (χ3n) is 3.93. The van der Waals surface area contributed by atoms with Gasteiger partial charge in [-0.2, -0.15) is 0 Å². The summed E-state index contributed by atoms with van der Waals surface area (Å²) in [6.45, 7) is 0.882. The minimum atomic E-state index is 0.155. The third kappa shape index (κ3) is 2.74. The molecule has 1 N–H and O–H groups in total. The maximum absolute atomic E-state index is 9.70. The summed E-state index contributed by atoms with van der Waals surface area (Å²) in [6, 6.07) is 16.4. The Balaban J connectivity index is 1.78. The lowest BCUT2D eigenvalue weighted by atomic mass is 9.86. The Kier molecular flexibility index (Phi) is 4.08. The van der Waals surface area contributed by atoms with Crippen LogP contribution in [0.5, 0.6) is 5.75 Å². The first-order valence-corrected chi connectivity index (χ1v) is 7.65. The molecule has 1 heterocycles. The van der Waals surface area contributed by atoms with E-state index < -0.39 is 0 Å². The van der Waals surface area contributed by atoms with Crippen LogP contribution in [-0.4, -0.2) is 18.3 Å². The molecule has 0 amide bonds. The third-order valence-corrected chi connectivity index (χ3v) is 4.46. The van der Waals surface area contributed by atoms with Crippen molar-refractivity contribution in [1.82, 2.24) is 0 Å². The Labute approximate surface area is 127 Å². The number of fused-ring (bicyclic) bond motifs is 1. The van der Waals surface area contributed by atoms with Gasteiger partial charge in [0, 0.05) is 28.5 Å². The van der Waals surface area contributed by atoms with Crippen molar-refractivity contribution in [1.29, 1.82) is 0 Å². The second-order valence-electron chi connectivity index (χ2n) is 5.21. The number of hydrogen-bond donors (Lipinski definition) is 1. The van der Waals surface area contributed by atoms with Gasteiger partial charge in [0.15, 0.2) is 0 Å². The highest BCUT2D eigenvalue weighted by Crippen LogP contribution is 2.39. The van der Waals surface area contributed by atoms with Gasteiger partial charge in [-0.15, -0.1) is 0 Å². The van der Waals surface area contributed by atoms with Crippen molar-refractivity contribution in [3.05, 3.63) is 64.1 Å². The molecule has 2 unspecified atom stereocenters. The molecule has 0 spiro atoms. The van der Waals surface area contributed by atoms with E-state index in [2.05, 4.69) is 34.1 Å². The zero-order valence-corrected chi connectivity index (χ0v) is 12.7. The molecular formula is C17H17BrO2. The van der Waals surface area contributed by atoms with Crippen LogP contribution in [0.4, 0.5) is 0 Å². The summed E-state index contributed by atoms with van der Waals surface area (Å²) in [5, 5.41) is 9.70. The topological polar surface area (TPSA) is 29.5 Å². The second-order valence-corrected chi connectivity index (χ2v) is 6.13. The molecule has 104 valence electrons. The van der Waals surface area contributed by atoms with Crippen LogP contribution in [0.3, 0.4) is 0 Å². The molecule has 0 aliphatic carbocycles. The Bertz CT molecular complexity index is 580. The van der Waals surface area contributed by atoms with Gasteiger partial charge in [-0.1, -0.05) is 46.3 Å². The number of benzene rings is 2. The van der Waals surface area contributed by atoms with Crippen LogP contribution < -0.4 is 4.74 Å². The molecule has 0 saturated carbocycles. The molecule has 3 heteroatoms. The molecule has 0 bridgehead atoms. The lowest BCUT2D eigenvalue weighted by Gasteiger charge is -2.18. The standard InChI is InChI=1S/C17H17BrO2/c18-15-7-5-12(6-8-15)13(10-19)9-14-11-20-17-4-2-1-3-16(14)17/h1-8,13-14,19H,9-11H2. The Morgan fingerprint density at radius 2 is 1.90 bits per heavy atom. The van der Waals surface area contributed by atoms with Crippen LogP contribution in [0.15, 0.2) is 53.0 Å². The number of para-hydroxylation sites is 1. The fraction of sp³-hybridized carbons (Fsp3) is 0.294. The van der Waals surface area contributed by atoms with Crippen LogP contribution in [0, 0.1) is 0 Å². The first kappa shape index (κ1) is 13.7. The van der Waals surface area contributed by atoms with E-state index in [4.69, 9.17) is 4.74 Å². The van der Waals surface area contributed by atoms with Crippen molar-refractivity contribution in [2.75, 3.05) is 13.2 Å². The molecule has 0 radical (unpaired) electrons. The number of ether oxygens (including phenoxy) is 1. The summed E-state index contributed by atoms with van der Waals surface area (Å²) in [6.07, 6.45) is 0.912. The van der Waals surface area contributed by atoms with Gasteiger partial charge in [-0.05, 0) is 30.2 Å².